The van der Waals surface area contributed by atoms with E-state index >= 15 is 0 Å². The zero-order valence-electron chi connectivity index (χ0n) is 7.80. The summed E-state index contributed by atoms with van der Waals surface area (Å²) in [6, 6.07) is 0. The molecule has 0 amide bonds. The van der Waals surface area contributed by atoms with Gasteiger partial charge in [-0.3, -0.25) is 0 Å². The van der Waals surface area contributed by atoms with Gasteiger partial charge in [0.15, 0.2) is 0 Å². The van der Waals surface area contributed by atoms with Gasteiger partial charge in [0.1, 0.15) is 0 Å². The molecule has 72 valence electrons. The van der Waals surface area contributed by atoms with Crippen LogP contribution in [0.25, 0.3) is 0 Å². The van der Waals surface area contributed by atoms with Gasteiger partial charge in [-0.25, -0.2) is 0 Å². The molecule has 0 aliphatic heterocycles. The summed E-state index contributed by atoms with van der Waals surface area (Å²) < 4.78 is 0. The molecule has 0 aromatic carbocycles. The van der Waals surface area contributed by atoms with E-state index in [4.69, 9.17) is 11.6 Å². The maximum Gasteiger partial charge on any atom is 0.0307 e. The molecule has 2 aliphatic carbocycles. The maximum atomic E-state index is 5.67. The highest BCUT2D eigenvalue weighted by atomic mass is 35.5. The van der Waals surface area contributed by atoms with Gasteiger partial charge >= 0.3 is 0 Å². The Balaban J connectivity index is 1.72. The van der Waals surface area contributed by atoms with E-state index < -0.39 is 0 Å². The Bertz CT molecular complexity index is 234. The van der Waals surface area contributed by atoms with Gasteiger partial charge in [0.2, 0.25) is 0 Å². The van der Waals surface area contributed by atoms with Gasteiger partial charge in [-0.15, -0.1) is 0 Å². The average Bonchev–Trinajstić information content (AvgIpc) is 2.64. The summed E-state index contributed by atoms with van der Waals surface area (Å²) in [7, 11) is 0. The van der Waals surface area contributed by atoms with Crippen LogP contribution >= 0.6 is 11.6 Å². The van der Waals surface area contributed by atoms with Crippen LogP contribution in [0.15, 0.2) is 23.8 Å². The van der Waals surface area contributed by atoms with Crippen molar-refractivity contribution in [3.8, 4) is 0 Å². The minimum atomic E-state index is 0.707. The minimum Gasteiger partial charge on any atom is -0.312 e. The normalized spacial score (nSPS) is 35.6. The Morgan fingerprint density at radius 3 is 2.85 bits per heavy atom. The van der Waals surface area contributed by atoms with Gasteiger partial charge in [0, 0.05) is 11.6 Å². The van der Waals surface area contributed by atoms with E-state index in [-0.39, 0.29) is 0 Å². The second-order valence-electron chi connectivity index (χ2n) is 4.19. The molecule has 2 rings (SSSR count). The lowest BCUT2D eigenvalue weighted by Gasteiger charge is -2.18. The summed E-state index contributed by atoms with van der Waals surface area (Å²) in [5.74, 6) is 2.54. The summed E-state index contributed by atoms with van der Waals surface area (Å²) in [6.45, 7) is 5.50. The minimum absolute atomic E-state index is 0.707. The molecule has 1 N–H and O–H groups in total. The number of nitrogens with one attached hydrogen (secondary N) is 1. The third-order valence-corrected chi connectivity index (χ3v) is 3.27. The van der Waals surface area contributed by atoms with Crippen molar-refractivity contribution in [3.05, 3.63) is 23.8 Å². The van der Waals surface area contributed by atoms with Crippen molar-refractivity contribution in [1.29, 1.82) is 0 Å². The first-order valence-corrected chi connectivity index (χ1v) is 5.36. The van der Waals surface area contributed by atoms with Crippen LogP contribution in [0, 0.1) is 17.8 Å². The fourth-order valence-corrected chi connectivity index (χ4v) is 2.62. The van der Waals surface area contributed by atoms with E-state index in [0.29, 0.717) is 5.03 Å². The summed E-state index contributed by atoms with van der Waals surface area (Å²) in [5.41, 5.74) is 0. The summed E-state index contributed by atoms with van der Waals surface area (Å²) in [6.07, 6.45) is 7.51. The van der Waals surface area contributed by atoms with E-state index in [2.05, 4.69) is 24.0 Å². The molecule has 0 heterocycles. The zero-order valence-corrected chi connectivity index (χ0v) is 8.56. The SMILES string of the molecule is C=C(Cl)CNCC1CC2C=CC1C2. The standard InChI is InChI=1S/C11H16ClN/c1-8(12)6-13-7-11-5-9-2-3-10(11)4-9/h2-3,9-11,13H,1,4-7H2. The molecule has 0 aromatic heterocycles. The molecular weight excluding hydrogens is 182 g/mol. The zero-order chi connectivity index (χ0) is 9.26. The van der Waals surface area contributed by atoms with Gasteiger partial charge in [-0.05, 0) is 37.1 Å². The second kappa shape index (κ2) is 3.85. The van der Waals surface area contributed by atoms with Crippen LogP contribution in [-0.4, -0.2) is 13.1 Å². The fourth-order valence-electron chi connectivity index (χ4n) is 2.52. The molecule has 2 aliphatic rings. The number of halogens is 1. The van der Waals surface area contributed by atoms with Crippen LogP contribution in [0.2, 0.25) is 0 Å². The van der Waals surface area contributed by atoms with E-state index in [1.54, 1.807) is 0 Å². The Morgan fingerprint density at radius 1 is 1.46 bits per heavy atom. The monoisotopic (exact) mass is 197 g/mol. The highest BCUT2D eigenvalue weighted by Crippen LogP contribution is 2.42. The third-order valence-electron chi connectivity index (χ3n) is 3.14. The van der Waals surface area contributed by atoms with Crippen molar-refractivity contribution in [3.63, 3.8) is 0 Å². The fraction of sp³-hybridized carbons (Fsp3) is 0.636. The predicted octanol–water partition coefficient (Wildman–Crippen LogP) is 2.54. The predicted molar refractivity (Wildman–Crippen MR) is 56.7 cm³/mol. The first-order valence-electron chi connectivity index (χ1n) is 4.98. The van der Waals surface area contributed by atoms with Crippen molar-refractivity contribution >= 4 is 11.6 Å². The average molecular weight is 198 g/mol. The lowest BCUT2D eigenvalue weighted by atomic mass is 9.94. The number of allylic oxidation sites excluding steroid dienone is 2. The number of fused-ring (bicyclic) bond motifs is 2. The smallest absolute Gasteiger partial charge is 0.0307 e. The molecule has 2 bridgehead atoms. The molecule has 1 nitrogen and oxygen atoms in total. The van der Waals surface area contributed by atoms with Gasteiger partial charge in [0.25, 0.3) is 0 Å². The third kappa shape index (κ3) is 2.15. The van der Waals surface area contributed by atoms with Crippen molar-refractivity contribution < 1.29 is 0 Å². The van der Waals surface area contributed by atoms with Crippen molar-refractivity contribution in [2.45, 2.75) is 12.8 Å². The van der Waals surface area contributed by atoms with Gasteiger partial charge < -0.3 is 5.32 Å². The highest BCUT2D eigenvalue weighted by molar-refractivity contribution is 6.29. The molecule has 0 aromatic rings. The highest BCUT2D eigenvalue weighted by Gasteiger charge is 2.34. The molecule has 1 fully saturated rings. The summed E-state index contributed by atoms with van der Waals surface area (Å²) >= 11 is 5.67. The van der Waals surface area contributed by atoms with Crippen molar-refractivity contribution in [1.82, 2.24) is 5.32 Å². The molecule has 0 radical (unpaired) electrons. The molecule has 1 saturated carbocycles. The van der Waals surface area contributed by atoms with Gasteiger partial charge in [0.05, 0.1) is 0 Å². The molecule has 3 unspecified atom stereocenters. The molecule has 0 saturated heterocycles. The van der Waals surface area contributed by atoms with Crippen LogP contribution in [0.4, 0.5) is 0 Å². The van der Waals surface area contributed by atoms with Crippen LogP contribution in [-0.2, 0) is 0 Å². The largest absolute Gasteiger partial charge is 0.312 e. The quantitative estimate of drug-likeness (QED) is 0.684. The van der Waals surface area contributed by atoms with Crippen LogP contribution in [0.3, 0.4) is 0 Å². The summed E-state index contributed by atoms with van der Waals surface area (Å²) in [4.78, 5) is 0. The van der Waals surface area contributed by atoms with E-state index in [9.17, 15) is 0 Å². The van der Waals surface area contributed by atoms with E-state index in [0.717, 1.165) is 30.8 Å². The first kappa shape index (κ1) is 9.29. The maximum absolute atomic E-state index is 5.67. The second-order valence-corrected chi connectivity index (χ2v) is 4.72. The molecule has 3 atom stereocenters. The van der Waals surface area contributed by atoms with E-state index in [1.807, 2.05) is 0 Å². The molecule has 13 heavy (non-hydrogen) atoms. The Kier molecular flexibility index (Phi) is 2.75. The number of hydrogen-bond acceptors (Lipinski definition) is 1. The van der Waals surface area contributed by atoms with Crippen LogP contribution in [0.1, 0.15) is 12.8 Å². The molecule has 0 spiro atoms. The Hall–Kier alpha value is -0.270. The number of rotatable bonds is 4. The lowest BCUT2D eigenvalue weighted by molar-refractivity contribution is 0.423. The Labute approximate surface area is 84.9 Å². The summed E-state index contributed by atoms with van der Waals surface area (Å²) in [5, 5.41) is 4.05. The first-order chi connectivity index (χ1) is 6.25. The van der Waals surface area contributed by atoms with Gasteiger partial charge in [-0.2, -0.15) is 0 Å². The van der Waals surface area contributed by atoms with Crippen LogP contribution in [0.5, 0.6) is 0 Å². The van der Waals surface area contributed by atoms with Gasteiger partial charge in [-0.1, -0.05) is 30.3 Å². The number of hydrogen-bond donors (Lipinski definition) is 1. The van der Waals surface area contributed by atoms with Crippen molar-refractivity contribution in [2.24, 2.45) is 17.8 Å². The topological polar surface area (TPSA) is 12.0 Å². The molecular formula is C11H16ClN. The van der Waals surface area contributed by atoms with Crippen LogP contribution < -0.4 is 5.32 Å². The van der Waals surface area contributed by atoms with E-state index in [1.165, 1.54) is 12.8 Å². The Morgan fingerprint density at radius 2 is 2.31 bits per heavy atom. The molecule has 2 heteroatoms. The van der Waals surface area contributed by atoms with Crippen molar-refractivity contribution in [2.75, 3.05) is 13.1 Å². The lowest BCUT2D eigenvalue weighted by Crippen LogP contribution is -2.26.